The van der Waals surface area contributed by atoms with Crippen LogP contribution in [0.2, 0.25) is 0 Å². The molecule has 0 aliphatic heterocycles. The number of nitrogens with one attached hydrogen (secondary N) is 1. The number of nitriles is 1. The van der Waals surface area contributed by atoms with Crippen LogP contribution in [0.1, 0.15) is 23.8 Å². The second kappa shape index (κ2) is 7.92. The summed E-state index contributed by atoms with van der Waals surface area (Å²) in [5, 5.41) is 15.7. The fraction of sp³-hybridized carbons (Fsp3) is 0.294. The van der Waals surface area contributed by atoms with Crippen molar-refractivity contribution >= 4 is 11.7 Å². The average Bonchev–Trinajstić information content (AvgIpc) is 3.05. The Morgan fingerprint density at radius 3 is 2.67 bits per heavy atom. The molecule has 1 amide bonds. The number of aromatic nitrogens is 2. The van der Waals surface area contributed by atoms with E-state index in [0.717, 1.165) is 12.1 Å². The number of amides is 1. The van der Waals surface area contributed by atoms with E-state index in [1.807, 2.05) is 37.3 Å². The van der Waals surface area contributed by atoms with Gasteiger partial charge < -0.3 is 10.1 Å². The van der Waals surface area contributed by atoms with Gasteiger partial charge in [0.25, 0.3) is 0 Å². The van der Waals surface area contributed by atoms with E-state index in [1.165, 1.54) is 11.7 Å². The number of benzene rings is 1. The van der Waals surface area contributed by atoms with Crippen LogP contribution >= 0.6 is 0 Å². The third-order valence-electron chi connectivity index (χ3n) is 3.30. The number of rotatable bonds is 7. The molecule has 2 rings (SSSR count). The highest BCUT2D eigenvalue weighted by atomic mass is 16.5. The molecule has 1 aromatic heterocycles. The molecule has 0 radical (unpaired) electrons. The number of hydrogen-bond acceptors (Lipinski definition) is 5. The van der Waals surface area contributed by atoms with Crippen LogP contribution in [0, 0.1) is 17.2 Å². The molecular formula is C17H18N4O3. The summed E-state index contributed by atoms with van der Waals surface area (Å²) in [7, 11) is 1.37. The van der Waals surface area contributed by atoms with E-state index in [1.54, 1.807) is 12.3 Å². The van der Waals surface area contributed by atoms with Crippen LogP contribution < -0.4 is 10.1 Å². The second-order valence-electron chi connectivity index (χ2n) is 5.01. The monoisotopic (exact) mass is 326 g/mol. The quantitative estimate of drug-likeness (QED) is 0.617. The molecule has 0 fully saturated rings. The lowest BCUT2D eigenvalue weighted by Gasteiger charge is -2.07. The molecule has 1 heterocycles. The van der Waals surface area contributed by atoms with E-state index in [9.17, 15) is 9.59 Å². The van der Waals surface area contributed by atoms with Gasteiger partial charge in [-0.15, -0.1) is 0 Å². The molecule has 124 valence electrons. The van der Waals surface area contributed by atoms with Gasteiger partial charge in [0.1, 0.15) is 0 Å². The van der Waals surface area contributed by atoms with Crippen molar-refractivity contribution in [2.24, 2.45) is 5.92 Å². The highest BCUT2D eigenvalue weighted by Gasteiger charge is 2.31. The van der Waals surface area contributed by atoms with Gasteiger partial charge in [0, 0.05) is 7.05 Å². The van der Waals surface area contributed by atoms with Gasteiger partial charge in [-0.2, -0.15) is 10.4 Å². The number of hydrogen-bond donors (Lipinski definition) is 1. The molecule has 7 nitrogen and oxygen atoms in total. The Balaban J connectivity index is 2.43. The van der Waals surface area contributed by atoms with Crippen LogP contribution in [0.25, 0.3) is 5.69 Å². The lowest BCUT2D eigenvalue weighted by atomic mass is 10.0. The Morgan fingerprint density at radius 1 is 1.38 bits per heavy atom. The molecule has 1 aromatic carbocycles. The summed E-state index contributed by atoms with van der Waals surface area (Å²) in [6.45, 7) is 2.34. The molecular weight excluding hydrogens is 308 g/mol. The molecule has 0 saturated heterocycles. The van der Waals surface area contributed by atoms with Crippen molar-refractivity contribution in [2.45, 2.75) is 13.3 Å². The van der Waals surface area contributed by atoms with Crippen LogP contribution in [0.3, 0.4) is 0 Å². The Hall–Kier alpha value is -3.14. The minimum atomic E-state index is -1.46. The van der Waals surface area contributed by atoms with E-state index in [4.69, 9.17) is 10.00 Å². The highest BCUT2D eigenvalue weighted by molar-refractivity contribution is 6.12. The molecule has 2 aromatic rings. The van der Waals surface area contributed by atoms with Crippen LogP contribution in [0.4, 0.5) is 0 Å². The van der Waals surface area contributed by atoms with Gasteiger partial charge in [-0.1, -0.05) is 25.1 Å². The summed E-state index contributed by atoms with van der Waals surface area (Å²) in [6, 6.07) is 10.9. The molecule has 0 saturated carbocycles. The topological polar surface area (TPSA) is 97.0 Å². The molecule has 0 spiro atoms. The minimum Gasteiger partial charge on any atom is -0.489 e. The summed E-state index contributed by atoms with van der Waals surface area (Å²) in [6.07, 6.45) is 2.33. The summed E-state index contributed by atoms with van der Waals surface area (Å²) in [4.78, 5) is 24.3. The van der Waals surface area contributed by atoms with Gasteiger partial charge >= 0.3 is 0 Å². The molecule has 7 heteroatoms. The smallest absolute Gasteiger partial charge is 0.245 e. The number of Topliss-reactive ketones (excluding diaryl/α,β-unsaturated/α-hetero) is 1. The first kappa shape index (κ1) is 17.2. The van der Waals surface area contributed by atoms with E-state index in [2.05, 4.69) is 10.4 Å². The normalized spacial score (nSPS) is 11.4. The lowest BCUT2D eigenvalue weighted by molar-refractivity contribution is -0.121. The van der Waals surface area contributed by atoms with Gasteiger partial charge in [0.2, 0.25) is 11.7 Å². The summed E-state index contributed by atoms with van der Waals surface area (Å²) >= 11 is 0. The molecule has 0 aliphatic rings. The van der Waals surface area contributed by atoms with E-state index in [-0.39, 0.29) is 11.4 Å². The number of ketones is 1. The van der Waals surface area contributed by atoms with Crippen molar-refractivity contribution in [3.63, 3.8) is 0 Å². The Labute approximate surface area is 139 Å². The van der Waals surface area contributed by atoms with Crippen molar-refractivity contribution < 1.29 is 14.3 Å². The van der Waals surface area contributed by atoms with Crippen molar-refractivity contribution in [1.29, 1.82) is 5.26 Å². The van der Waals surface area contributed by atoms with Gasteiger partial charge in [-0.3, -0.25) is 9.59 Å². The van der Waals surface area contributed by atoms with Gasteiger partial charge in [0.05, 0.1) is 24.6 Å². The predicted octanol–water partition coefficient (Wildman–Crippen LogP) is 1.73. The maximum absolute atomic E-state index is 12.6. The van der Waals surface area contributed by atoms with Crippen molar-refractivity contribution in [3.8, 4) is 17.5 Å². The zero-order valence-electron chi connectivity index (χ0n) is 13.5. The first-order valence-corrected chi connectivity index (χ1v) is 7.55. The van der Waals surface area contributed by atoms with Crippen molar-refractivity contribution in [1.82, 2.24) is 15.1 Å². The summed E-state index contributed by atoms with van der Waals surface area (Å²) in [5.74, 6) is -2.55. The second-order valence-corrected chi connectivity index (χ2v) is 5.01. The molecule has 1 N–H and O–H groups in total. The number of nitrogens with zero attached hydrogens (tertiary/aromatic N) is 3. The SMILES string of the molecule is CCCOc1cn(-c2ccccc2)nc1C(=O)C(C#N)C(=O)NC. The Morgan fingerprint density at radius 2 is 2.08 bits per heavy atom. The van der Waals surface area contributed by atoms with Gasteiger partial charge in [0.15, 0.2) is 17.4 Å². The first-order valence-electron chi connectivity index (χ1n) is 7.55. The molecule has 1 unspecified atom stereocenters. The molecule has 24 heavy (non-hydrogen) atoms. The minimum absolute atomic E-state index is 0.0255. The third-order valence-corrected chi connectivity index (χ3v) is 3.30. The van der Waals surface area contributed by atoms with Crippen LogP contribution in [-0.2, 0) is 4.79 Å². The molecule has 0 aliphatic carbocycles. The van der Waals surface area contributed by atoms with Gasteiger partial charge in [-0.05, 0) is 18.6 Å². The van der Waals surface area contributed by atoms with E-state index < -0.39 is 17.6 Å². The standard InChI is InChI=1S/C17H18N4O3/c1-3-9-24-14-11-21(12-7-5-4-6-8-12)20-15(14)16(22)13(10-18)17(23)19-2/h4-8,11,13H,3,9H2,1-2H3,(H,19,23). The van der Waals surface area contributed by atoms with Crippen LogP contribution in [0.5, 0.6) is 5.75 Å². The zero-order valence-corrected chi connectivity index (χ0v) is 13.5. The van der Waals surface area contributed by atoms with Crippen molar-refractivity contribution in [3.05, 3.63) is 42.2 Å². The Kier molecular flexibility index (Phi) is 5.68. The van der Waals surface area contributed by atoms with Crippen LogP contribution in [0.15, 0.2) is 36.5 Å². The zero-order chi connectivity index (χ0) is 17.5. The van der Waals surface area contributed by atoms with Crippen molar-refractivity contribution in [2.75, 3.05) is 13.7 Å². The lowest BCUT2D eigenvalue weighted by Crippen LogP contribution is -2.32. The largest absolute Gasteiger partial charge is 0.489 e. The van der Waals surface area contributed by atoms with Gasteiger partial charge in [-0.25, -0.2) is 4.68 Å². The predicted molar refractivity (Wildman–Crippen MR) is 86.9 cm³/mol. The Bertz CT molecular complexity index is 762. The number of carbonyl (C=O) groups excluding carboxylic acids is 2. The summed E-state index contributed by atoms with van der Waals surface area (Å²) in [5.41, 5.74) is 0.716. The highest BCUT2D eigenvalue weighted by Crippen LogP contribution is 2.23. The number of para-hydroxylation sites is 1. The molecule has 1 atom stereocenters. The summed E-state index contributed by atoms with van der Waals surface area (Å²) < 4.78 is 7.07. The maximum atomic E-state index is 12.6. The number of carbonyl (C=O) groups is 2. The fourth-order valence-electron chi connectivity index (χ4n) is 2.08. The van der Waals surface area contributed by atoms with E-state index in [0.29, 0.717) is 6.61 Å². The average molecular weight is 326 g/mol. The number of ether oxygens (including phenoxy) is 1. The van der Waals surface area contributed by atoms with E-state index >= 15 is 0 Å². The molecule has 0 bridgehead atoms. The van der Waals surface area contributed by atoms with Crippen LogP contribution in [-0.4, -0.2) is 35.1 Å². The first-order chi connectivity index (χ1) is 11.6. The third kappa shape index (κ3) is 3.60. The fourth-order valence-corrected chi connectivity index (χ4v) is 2.08. The maximum Gasteiger partial charge on any atom is 0.245 e.